The first-order valence-corrected chi connectivity index (χ1v) is 10.7. The molecule has 2 heterocycles. The lowest BCUT2D eigenvalue weighted by molar-refractivity contribution is 0.168. The fourth-order valence-corrected chi connectivity index (χ4v) is 3.66. The van der Waals surface area contributed by atoms with Crippen molar-refractivity contribution in [3.05, 3.63) is 56.0 Å². The number of para-hydroxylation sites is 1. The minimum absolute atomic E-state index is 0.0278. The first-order valence-electron chi connectivity index (χ1n) is 10.4. The highest BCUT2D eigenvalue weighted by molar-refractivity contribution is 6.32. The van der Waals surface area contributed by atoms with Gasteiger partial charge in [-0.25, -0.2) is 14.6 Å². The van der Waals surface area contributed by atoms with Crippen molar-refractivity contribution in [2.45, 2.75) is 37.8 Å². The molecule has 1 aromatic carbocycles. The van der Waals surface area contributed by atoms with Crippen molar-refractivity contribution in [3.8, 4) is 17.6 Å². The lowest BCUT2D eigenvalue weighted by Crippen LogP contribution is -2.39. The maximum absolute atomic E-state index is 12.9. The Bertz CT molecular complexity index is 1400. The van der Waals surface area contributed by atoms with Crippen molar-refractivity contribution < 1.29 is 9.53 Å². The van der Waals surface area contributed by atoms with Crippen LogP contribution >= 0.6 is 11.6 Å². The minimum Gasteiger partial charge on any atom is -0.409 e. The van der Waals surface area contributed by atoms with Crippen LogP contribution in [0.3, 0.4) is 0 Å². The number of imidazole rings is 1. The number of hydrogen-bond acceptors (Lipinski definition) is 5. The van der Waals surface area contributed by atoms with Crippen LogP contribution in [0, 0.1) is 11.8 Å². The zero-order valence-electron chi connectivity index (χ0n) is 17.3. The van der Waals surface area contributed by atoms with Gasteiger partial charge in [-0.05, 0) is 43.7 Å². The van der Waals surface area contributed by atoms with Gasteiger partial charge in [0, 0.05) is 19.1 Å². The third-order valence-corrected chi connectivity index (χ3v) is 5.76. The molecule has 1 amide bonds. The summed E-state index contributed by atoms with van der Waals surface area (Å²) in [6.07, 6.45) is 2.85. The topological polar surface area (TPSA) is 102 Å². The van der Waals surface area contributed by atoms with Gasteiger partial charge in [-0.3, -0.25) is 18.8 Å². The van der Waals surface area contributed by atoms with Crippen molar-refractivity contribution in [3.63, 3.8) is 0 Å². The highest BCUT2D eigenvalue weighted by Gasteiger charge is 2.34. The van der Waals surface area contributed by atoms with Crippen LogP contribution in [0.15, 0.2) is 33.9 Å². The van der Waals surface area contributed by atoms with Gasteiger partial charge >= 0.3 is 11.8 Å². The molecule has 0 aliphatic heterocycles. The standard InChI is InChI=1S/C22H20ClN5O4/c1-26(22(31)32-16-6-3-2-5-15(16)23)12-4-7-17-24-18-19(25-17)27(13-8-9-13)21(30)28(20(18)29)14-10-11-14/h2-3,5-6,13-14H,8-12H2,1H3,(H,24,25). The molecule has 0 atom stereocenters. The fraction of sp³-hybridized carbons (Fsp3) is 0.364. The predicted molar refractivity (Wildman–Crippen MR) is 118 cm³/mol. The summed E-state index contributed by atoms with van der Waals surface area (Å²) in [7, 11) is 1.55. The maximum atomic E-state index is 12.9. The van der Waals surface area contributed by atoms with Crippen LogP contribution in [0.5, 0.6) is 5.75 Å². The van der Waals surface area contributed by atoms with E-state index in [2.05, 4.69) is 21.8 Å². The number of nitrogens with zero attached hydrogens (tertiary/aromatic N) is 4. The van der Waals surface area contributed by atoms with Gasteiger partial charge in [0.1, 0.15) is 0 Å². The Morgan fingerprint density at radius 1 is 1.22 bits per heavy atom. The average Bonchev–Trinajstić information content (AvgIpc) is 3.69. The Labute approximate surface area is 187 Å². The second-order valence-corrected chi connectivity index (χ2v) is 8.44. The molecule has 0 saturated heterocycles. The molecule has 2 aliphatic carbocycles. The average molecular weight is 454 g/mol. The number of rotatable bonds is 4. The van der Waals surface area contributed by atoms with E-state index in [1.807, 2.05) is 0 Å². The van der Waals surface area contributed by atoms with Crippen LogP contribution < -0.4 is 16.0 Å². The maximum Gasteiger partial charge on any atom is 0.415 e. The summed E-state index contributed by atoms with van der Waals surface area (Å²) in [6.45, 7) is 0.0715. The molecule has 0 bridgehead atoms. The lowest BCUT2D eigenvalue weighted by Gasteiger charge is -2.14. The van der Waals surface area contributed by atoms with E-state index in [-0.39, 0.29) is 41.5 Å². The number of nitrogens with one attached hydrogen (secondary N) is 1. The molecule has 2 fully saturated rings. The molecule has 2 saturated carbocycles. The first kappa shape index (κ1) is 20.4. The van der Waals surface area contributed by atoms with Crippen LogP contribution in [0.1, 0.15) is 43.6 Å². The first-order chi connectivity index (χ1) is 15.4. The molecule has 10 heteroatoms. The molecule has 0 unspecified atom stereocenters. The van der Waals surface area contributed by atoms with E-state index < -0.39 is 6.09 Å². The Morgan fingerprint density at radius 3 is 2.59 bits per heavy atom. The summed E-state index contributed by atoms with van der Waals surface area (Å²) in [6, 6.07) is 6.73. The monoisotopic (exact) mass is 453 g/mol. The van der Waals surface area contributed by atoms with Gasteiger partial charge in [0.05, 0.1) is 11.6 Å². The van der Waals surface area contributed by atoms with Crippen molar-refractivity contribution in [2.75, 3.05) is 13.6 Å². The molecule has 2 aliphatic rings. The van der Waals surface area contributed by atoms with Crippen LogP contribution in [-0.2, 0) is 0 Å². The summed E-state index contributed by atoms with van der Waals surface area (Å²) in [5, 5.41) is 0.334. The molecule has 5 rings (SSSR count). The van der Waals surface area contributed by atoms with Crippen LogP contribution in [0.4, 0.5) is 4.79 Å². The second kappa shape index (κ2) is 7.88. The van der Waals surface area contributed by atoms with Crippen LogP contribution in [-0.4, -0.2) is 43.7 Å². The molecular weight excluding hydrogens is 434 g/mol. The number of amides is 1. The molecule has 3 aromatic rings. The smallest absolute Gasteiger partial charge is 0.409 e. The summed E-state index contributed by atoms with van der Waals surface area (Å²) < 4.78 is 8.22. The quantitative estimate of drug-likeness (QED) is 0.612. The zero-order chi connectivity index (χ0) is 22.4. The number of H-pyrrole nitrogens is 1. The van der Waals surface area contributed by atoms with E-state index in [0.717, 1.165) is 25.7 Å². The number of aromatic amines is 1. The van der Waals surface area contributed by atoms with Gasteiger partial charge in [0.25, 0.3) is 5.56 Å². The molecule has 9 nitrogen and oxygen atoms in total. The largest absolute Gasteiger partial charge is 0.415 e. The van der Waals surface area contributed by atoms with Crippen molar-refractivity contribution in [1.29, 1.82) is 0 Å². The van der Waals surface area contributed by atoms with E-state index in [0.29, 0.717) is 16.2 Å². The van der Waals surface area contributed by atoms with E-state index in [4.69, 9.17) is 16.3 Å². The van der Waals surface area contributed by atoms with Crippen LogP contribution in [0.25, 0.3) is 11.2 Å². The number of aromatic nitrogens is 4. The molecule has 164 valence electrons. The Morgan fingerprint density at radius 2 is 1.91 bits per heavy atom. The Balaban J connectivity index is 1.37. The van der Waals surface area contributed by atoms with Gasteiger partial charge in [-0.1, -0.05) is 29.7 Å². The molecule has 1 N–H and O–H groups in total. The van der Waals surface area contributed by atoms with Gasteiger partial charge < -0.3 is 9.72 Å². The van der Waals surface area contributed by atoms with Crippen molar-refractivity contribution in [2.24, 2.45) is 0 Å². The molecule has 0 spiro atoms. The summed E-state index contributed by atoms with van der Waals surface area (Å²) in [4.78, 5) is 46.6. The molecular formula is C22H20ClN5O4. The van der Waals surface area contributed by atoms with Crippen molar-refractivity contribution >= 4 is 28.9 Å². The number of ether oxygens (including phenoxy) is 1. The summed E-state index contributed by atoms with van der Waals surface area (Å²) >= 11 is 6.01. The van der Waals surface area contributed by atoms with Crippen molar-refractivity contribution in [1.82, 2.24) is 24.0 Å². The van der Waals surface area contributed by atoms with Gasteiger partial charge in [0.2, 0.25) is 0 Å². The lowest BCUT2D eigenvalue weighted by atomic mass is 10.3. The highest BCUT2D eigenvalue weighted by atomic mass is 35.5. The minimum atomic E-state index is -0.605. The number of fused-ring (bicyclic) bond motifs is 1. The third kappa shape index (κ3) is 3.78. The third-order valence-electron chi connectivity index (χ3n) is 5.45. The van der Waals surface area contributed by atoms with Crippen LogP contribution in [0.2, 0.25) is 5.02 Å². The van der Waals surface area contributed by atoms with E-state index >= 15 is 0 Å². The van der Waals surface area contributed by atoms with E-state index in [1.54, 1.807) is 35.9 Å². The Kier molecular flexibility index (Phi) is 5.02. The summed E-state index contributed by atoms with van der Waals surface area (Å²) in [5.74, 6) is 6.22. The number of carbonyl (C=O) groups is 1. The highest BCUT2D eigenvalue weighted by Crippen LogP contribution is 2.36. The van der Waals surface area contributed by atoms with Gasteiger partial charge in [0.15, 0.2) is 22.7 Å². The summed E-state index contributed by atoms with van der Waals surface area (Å²) in [5.41, 5.74) is -0.0136. The SMILES string of the molecule is CN(CC#Cc1nc2c([nH]1)c(=O)n(C1CC1)c(=O)n2C1CC1)C(=O)Oc1ccccc1Cl. The van der Waals surface area contributed by atoms with Gasteiger partial charge in [-0.15, -0.1) is 0 Å². The number of hydrogen-bond donors (Lipinski definition) is 1. The Hall–Kier alpha value is -3.51. The number of benzene rings is 1. The second-order valence-electron chi connectivity index (χ2n) is 8.03. The molecule has 0 radical (unpaired) electrons. The van der Waals surface area contributed by atoms with Gasteiger partial charge in [-0.2, -0.15) is 0 Å². The molecule has 32 heavy (non-hydrogen) atoms. The van der Waals surface area contributed by atoms with E-state index in [9.17, 15) is 14.4 Å². The zero-order valence-corrected chi connectivity index (χ0v) is 18.1. The normalized spacial score (nSPS) is 15.3. The number of halogens is 1. The fourth-order valence-electron chi connectivity index (χ4n) is 3.48. The predicted octanol–water partition coefficient (Wildman–Crippen LogP) is 2.69. The van der Waals surface area contributed by atoms with E-state index in [1.165, 1.54) is 9.47 Å². The number of carbonyl (C=O) groups excluding carboxylic acids is 1. The molecule has 2 aromatic heterocycles.